The molecule has 2 fully saturated rings. The van der Waals surface area contributed by atoms with E-state index in [1.807, 2.05) is 4.90 Å². The zero-order valence-electron chi connectivity index (χ0n) is 26.3. The van der Waals surface area contributed by atoms with Crippen molar-refractivity contribution < 1.29 is 49.1 Å². The molecule has 2 aromatic carbocycles. The number of halogens is 9. The Morgan fingerprint density at radius 2 is 1.45 bits per heavy atom. The molecule has 2 amide bonds. The molecular weight excluding hydrogens is 669 g/mol. The highest BCUT2D eigenvalue weighted by molar-refractivity contribution is 5.90. The summed E-state index contributed by atoms with van der Waals surface area (Å²) in [4.78, 5) is 34.1. The monoisotopic (exact) mass is 705 g/mol. The number of carbonyl (C=O) groups is 2. The summed E-state index contributed by atoms with van der Waals surface area (Å²) in [5.41, 5.74) is -7.42. The molecule has 2 saturated heterocycles. The topological polar surface area (TPSA) is 80.5 Å². The molecule has 268 valence electrons. The Bertz CT molecular complexity index is 1580. The van der Waals surface area contributed by atoms with E-state index in [1.165, 1.54) is 6.42 Å². The van der Waals surface area contributed by atoms with Crippen molar-refractivity contribution in [1.82, 2.24) is 25.4 Å². The van der Waals surface area contributed by atoms with Gasteiger partial charge in [-0.1, -0.05) is 24.6 Å². The van der Waals surface area contributed by atoms with Crippen LogP contribution in [0.5, 0.6) is 0 Å². The fraction of sp³-hybridized carbons (Fsp3) is 0.515. The summed E-state index contributed by atoms with van der Waals surface area (Å²) < 4.78 is 122. The van der Waals surface area contributed by atoms with Crippen LogP contribution >= 0.6 is 0 Å². The minimum atomic E-state index is -5.96. The largest absolute Gasteiger partial charge is 0.417 e. The molecule has 7 nitrogen and oxygen atoms in total. The van der Waals surface area contributed by atoms with Crippen molar-refractivity contribution in [3.05, 3.63) is 70.4 Å². The number of aromatic nitrogens is 1. The quantitative estimate of drug-likeness (QED) is 0.222. The second-order valence-corrected chi connectivity index (χ2v) is 12.6. The van der Waals surface area contributed by atoms with Gasteiger partial charge >= 0.3 is 18.5 Å². The minimum absolute atomic E-state index is 0.0345. The van der Waals surface area contributed by atoms with Gasteiger partial charge in [-0.05, 0) is 68.1 Å². The zero-order valence-corrected chi connectivity index (χ0v) is 26.3. The van der Waals surface area contributed by atoms with E-state index >= 15 is 0 Å². The predicted octanol–water partition coefficient (Wildman–Crippen LogP) is 6.52. The number of aromatic amines is 1. The molecule has 0 bridgehead atoms. The van der Waals surface area contributed by atoms with Crippen molar-refractivity contribution in [3.63, 3.8) is 0 Å². The molecule has 5 rings (SSSR count). The summed E-state index contributed by atoms with van der Waals surface area (Å²) in [6, 6.07) is 6.08. The van der Waals surface area contributed by atoms with Crippen LogP contribution in [0.25, 0.3) is 10.9 Å². The Morgan fingerprint density at radius 3 is 2.04 bits per heavy atom. The molecule has 3 N–H and O–H groups in total. The second-order valence-electron chi connectivity index (χ2n) is 12.6. The van der Waals surface area contributed by atoms with E-state index in [1.54, 1.807) is 30.5 Å². The Balaban J connectivity index is 1.32. The van der Waals surface area contributed by atoms with Gasteiger partial charge in [0.15, 0.2) is 0 Å². The molecule has 1 unspecified atom stereocenters. The lowest BCUT2D eigenvalue weighted by atomic mass is 9.95. The third-order valence-electron chi connectivity index (χ3n) is 9.14. The summed E-state index contributed by atoms with van der Waals surface area (Å²) in [5, 5.41) is 5.60. The number of carbonyl (C=O) groups excluding carboxylic acids is 2. The van der Waals surface area contributed by atoms with Crippen LogP contribution in [0.1, 0.15) is 59.9 Å². The van der Waals surface area contributed by atoms with Crippen LogP contribution in [0.15, 0.2) is 42.6 Å². The maximum absolute atomic E-state index is 13.6. The molecule has 3 aromatic rings. The number of nitrogens with zero attached hydrogens (tertiary/aromatic N) is 2. The van der Waals surface area contributed by atoms with Crippen molar-refractivity contribution in [2.75, 3.05) is 32.7 Å². The number of rotatable bonds is 9. The third kappa shape index (κ3) is 9.07. The van der Waals surface area contributed by atoms with Crippen LogP contribution in [0.2, 0.25) is 0 Å². The van der Waals surface area contributed by atoms with E-state index in [-0.39, 0.29) is 25.1 Å². The fourth-order valence-corrected chi connectivity index (χ4v) is 6.77. The first-order chi connectivity index (χ1) is 23.0. The van der Waals surface area contributed by atoms with Gasteiger partial charge in [0.25, 0.3) is 0 Å². The number of hydrogen-bond acceptors (Lipinski definition) is 4. The second kappa shape index (κ2) is 14.6. The number of para-hydroxylation sites is 1. The van der Waals surface area contributed by atoms with Gasteiger partial charge in [0, 0.05) is 49.2 Å². The van der Waals surface area contributed by atoms with E-state index in [0.717, 1.165) is 49.7 Å². The van der Waals surface area contributed by atoms with Gasteiger partial charge in [-0.3, -0.25) is 14.5 Å². The number of H-pyrrole nitrogens is 1. The zero-order chi connectivity index (χ0) is 35.6. The molecule has 0 radical (unpaired) electrons. The Morgan fingerprint density at radius 1 is 0.837 bits per heavy atom. The van der Waals surface area contributed by atoms with Crippen LogP contribution in [-0.2, 0) is 41.1 Å². The number of amides is 2. The van der Waals surface area contributed by atoms with Gasteiger partial charge in [0.2, 0.25) is 11.8 Å². The van der Waals surface area contributed by atoms with Gasteiger partial charge in [-0.25, -0.2) is 0 Å². The summed E-state index contributed by atoms with van der Waals surface area (Å²) in [6.45, 7) is 2.42. The molecule has 2 aliphatic rings. The first kappa shape index (κ1) is 36.5. The fourth-order valence-electron chi connectivity index (χ4n) is 6.77. The summed E-state index contributed by atoms with van der Waals surface area (Å²) in [7, 11) is 0. The van der Waals surface area contributed by atoms with Crippen LogP contribution in [0.4, 0.5) is 39.5 Å². The molecule has 0 aliphatic carbocycles. The SMILES string of the molecule is O=C(CN1CCC(N2CCCCC2)CC1)NC(Cc1c[nH]c2ccccc12)C(=O)NCc1cc(C(F)(F)F)c(C(F)(F)F)c(C(F)(F)F)c1. The van der Waals surface area contributed by atoms with Gasteiger partial charge in [0.1, 0.15) is 6.04 Å². The van der Waals surface area contributed by atoms with Crippen molar-refractivity contribution in [2.45, 2.75) is 75.7 Å². The first-order valence-electron chi connectivity index (χ1n) is 16.0. The predicted molar refractivity (Wildman–Crippen MR) is 162 cm³/mol. The first-order valence-corrected chi connectivity index (χ1v) is 16.0. The van der Waals surface area contributed by atoms with Crippen molar-refractivity contribution >= 4 is 22.7 Å². The third-order valence-corrected chi connectivity index (χ3v) is 9.14. The number of likely N-dealkylation sites (tertiary alicyclic amines) is 2. The standard InChI is InChI=1S/C33H36F9N5O2/c34-31(35,36)24-14-20(15-25(32(37,38)39)29(24)33(40,41)42)17-44-30(49)27(16-21-18-43-26-7-3-2-6-23(21)26)45-28(48)19-46-12-8-22(9-13-46)47-10-4-1-5-11-47/h2-3,6-7,14-15,18,22,27,43H,1,4-5,8-13,16-17,19H2,(H,44,49)(H,45,48). The lowest BCUT2D eigenvalue weighted by Gasteiger charge is -2.40. The number of nitrogens with one attached hydrogen (secondary N) is 3. The average molecular weight is 706 g/mol. The highest BCUT2D eigenvalue weighted by atomic mass is 19.4. The van der Waals surface area contributed by atoms with E-state index in [0.29, 0.717) is 24.7 Å². The Hall–Kier alpha value is -3.79. The van der Waals surface area contributed by atoms with Gasteiger partial charge < -0.3 is 20.5 Å². The van der Waals surface area contributed by atoms with E-state index in [4.69, 9.17) is 0 Å². The lowest BCUT2D eigenvalue weighted by molar-refractivity contribution is -0.174. The van der Waals surface area contributed by atoms with Gasteiger partial charge in [-0.15, -0.1) is 0 Å². The minimum Gasteiger partial charge on any atom is -0.361 e. The smallest absolute Gasteiger partial charge is 0.361 e. The Kier molecular flexibility index (Phi) is 10.9. The highest BCUT2D eigenvalue weighted by Crippen LogP contribution is 2.47. The molecule has 2 aliphatic heterocycles. The number of fused-ring (bicyclic) bond motifs is 1. The summed E-state index contributed by atoms with van der Waals surface area (Å²) in [6.07, 6.45) is -10.7. The van der Waals surface area contributed by atoms with E-state index < -0.39 is 65.2 Å². The van der Waals surface area contributed by atoms with Crippen LogP contribution in [-0.4, -0.2) is 71.4 Å². The van der Waals surface area contributed by atoms with Crippen LogP contribution in [0, 0.1) is 0 Å². The lowest BCUT2D eigenvalue weighted by Crippen LogP contribution is -2.52. The van der Waals surface area contributed by atoms with Gasteiger partial charge in [-0.2, -0.15) is 39.5 Å². The molecule has 0 saturated carbocycles. The average Bonchev–Trinajstić information content (AvgIpc) is 3.45. The van der Waals surface area contributed by atoms with Crippen LogP contribution < -0.4 is 10.6 Å². The van der Waals surface area contributed by atoms with Crippen molar-refractivity contribution in [2.24, 2.45) is 0 Å². The molecule has 16 heteroatoms. The number of benzene rings is 2. The normalized spacial score (nSPS) is 18.1. The molecule has 49 heavy (non-hydrogen) atoms. The number of piperidine rings is 2. The maximum atomic E-state index is 13.6. The highest BCUT2D eigenvalue weighted by Gasteiger charge is 2.50. The van der Waals surface area contributed by atoms with Crippen molar-refractivity contribution in [3.8, 4) is 0 Å². The Labute approximate surface area is 276 Å². The summed E-state index contributed by atoms with van der Waals surface area (Å²) in [5.74, 6) is -1.45. The maximum Gasteiger partial charge on any atom is 0.417 e. The molecule has 3 heterocycles. The van der Waals surface area contributed by atoms with Crippen LogP contribution in [0.3, 0.4) is 0 Å². The van der Waals surface area contributed by atoms with E-state index in [9.17, 15) is 49.1 Å². The molecule has 1 atom stereocenters. The van der Waals surface area contributed by atoms with Gasteiger partial charge in [0.05, 0.1) is 23.2 Å². The van der Waals surface area contributed by atoms with Crippen molar-refractivity contribution in [1.29, 1.82) is 0 Å². The molecule has 1 aromatic heterocycles. The summed E-state index contributed by atoms with van der Waals surface area (Å²) >= 11 is 0. The molecular formula is C33H36F9N5O2. The molecule has 0 spiro atoms. The number of alkyl halides is 9. The number of hydrogen-bond donors (Lipinski definition) is 3. The van der Waals surface area contributed by atoms with E-state index in [2.05, 4.69) is 20.5 Å².